The van der Waals surface area contributed by atoms with Gasteiger partial charge < -0.3 is 15.0 Å². The number of piperidine rings is 1. The van der Waals surface area contributed by atoms with Crippen molar-refractivity contribution in [2.24, 2.45) is 5.92 Å². The Morgan fingerprint density at radius 1 is 1.06 bits per heavy atom. The highest BCUT2D eigenvalue weighted by Crippen LogP contribution is 2.27. The second kappa shape index (κ2) is 9.47. The van der Waals surface area contributed by atoms with Gasteiger partial charge in [-0.25, -0.2) is 8.42 Å². The average Bonchev–Trinajstić information content (AvgIpc) is 3.36. The van der Waals surface area contributed by atoms with E-state index >= 15 is 0 Å². The number of nitrogens with one attached hydrogen (secondary N) is 1. The van der Waals surface area contributed by atoms with Crippen molar-refractivity contribution in [3.63, 3.8) is 0 Å². The van der Waals surface area contributed by atoms with Gasteiger partial charge in [-0.3, -0.25) is 9.59 Å². The van der Waals surface area contributed by atoms with E-state index < -0.39 is 15.9 Å². The van der Waals surface area contributed by atoms with Gasteiger partial charge in [-0.05, 0) is 36.4 Å². The van der Waals surface area contributed by atoms with E-state index in [-0.39, 0.29) is 22.6 Å². The van der Waals surface area contributed by atoms with Crippen LogP contribution in [0.2, 0.25) is 0 Å². The van der Waals surface area contributed by atoms with Gasteiger partial charge in [-0.2, -0.15) is 4.31 Å². The Morgan fingerprint density at radius 3 is 2.58 bits per heavy atom. The minimum absolute atomic E-state index is 0.131. The molecule has 31 heavy (non-hydrogen) atoms. The molecule has 1 N–H and O–H groups in total. The van der Waals surface area contributed by atoms with E-state index in [1.165, 1.54) is 15.6 Å². The first-order chi connectivity index (χ1) is 15.0. The van der Waals surface area contributed by atoms with E-state index in [1.807, 2.05) is 0 Å². The van der Waals surface area contributed by atoms with Crippen LogP contribution >= 0.6 is 11.3 Å². The van der Waals surface area contributed by atoms with Gasteiger partial charge in [0.05, 0.1) is 30.4 Å². The van der Waals surface area contributed by atoms with Crippen LogP contribution in [0.5, 0.6) is 0 Å². The molecule has 4 rings (SSSR count). The van der Waals surface area contributed by atoms with E-state index in [4.69, 9.17) is 4.74 Å². The third-order valence-electron chi connectivity index (χ3n) is 5.56. The zero-order valence-electron chi connectivity index (χ0n) is 17.0. The van der Waals surface area contributed by atoms with Crippen molar-refractivity contribution in [1.82, 2.24) is 9.21 Å². The molecule has 2 fully saturated rings. The summed E-state index contributed by atoms with van der Waals surface area (Å²) < 4.78 is 32.7. The summed E-state index contributed by atoms with van der Waals surface area (Å²) in [7, 11) is -3.59. The number of nitrogens with zero attached hydrogens (tertiary/aromatic N) is 2. The minimum atomic E-state index is -3.59. The van der Waals surface area contributed by atoms with Crippen LogP contribution in [0.1, 0.15) is 23.2 Å². The second-order valence-electron chi connectivity index (χ2n) is 7.57. The first-order valence-corrected chi connectivity index (χ1v) is 12.6. The van der Waals surface area contributed by atoms with Gasteiger partial charge >= 0.3 is 0 Å². The molecule has 3 heterocycles. The first kappa shape index (κ1) is 21.9. The lowest BCUT2D eigenvalue weighted by Gasteiger charge is -2.31. The number of morpholine rings is 1. The molecule has 10 heteroatoms. The number of benzene rings is 1. The molecule has 0 spiro atoms. The number of anilines is 1. The quantitative estimate of drug-likeness (QED) is 0.734. The molecule has 0 aliphatic carbocycles. The van der Waals surface area contributed by atoms with Crippen LogP contribution in [-0.2, 0) is 19.6 Å². The summed E-state index contributed by atoms with van der Waals surface area (Å²) in [5.41, 5.74) is 0.874. The van der Waals surface area contributed by atoms with Gasteiger partial charge in [0.1, 0.15) is 4.21 Å². The predicted octanol–water partition coefficient (Wildman–Crippen LogP) is 2.26. The molecule has 1 aromatic carbocycles. The predicted molar refractivity (Wildman–Crippen MR) is 118 cm³/mol. The third-order valence-corrected chi connectivity index (χ3v) is 8.80. The Morgan fingerprint density at radius 2 is 1.84 bits per heavy atom. The molecule has 1 atom stereocenters. The topological polar surface area (TPSA) is 96.0 Å². The van der Waals surface area contributed by atoms with Gasteiger partial charge in [0.15, 0.2) is 0 Å². The molecule has 8 nitrogen and oxygen atoms in total. The summed E-state index contributed by atoms with van der Waals surface area (Å²) in [4.78, 5) is 27.6. The van der Waals surface area contributed by atoms with Gasteiger partial charge in [-0.15, -0.1) is 11.3 Å². The molecule has 0 saturated carbocycles. The zero-order valence-corrected chi connectivity index (χ0v) is 18.7. The lowest BCUT2D eigenvalue weighted by molar-refractivity contribution is -0.120. The van der Waals surface area contributed by atoms with Crippen LogP contribution in [0.25, 0.3) is 0 Å². The fraction of sp³-hybridized carbons (Fsp3) is 0.429. The Labute approximate surface area is 185 Å². The largest absolute Gasteiger partial charge is 0.378 e. The molecule has 0 radical (unpaired) electrons. The summed E-state index contributed by atoms with van der Waals surface area (Å²) >= 11 is 1.17. The maximum absolute atomic E-state index is 13.0. The highest BCUT2D eigenvalue weighted by atomic mass is 32.2. The zero-order chi connectivity index (χ0) is 21.8. The number of thiophene rings is 1. The van der Waals surface area contributed by atoms with Gasteiger partial charge in [-0.1, -0.05) is 18.2 Å². The number of sulfonamides is 1. The second-order valence-corrected chi connectivity index (χ2v) is 10.7. The Bertz CT molecular complexity index is 1030. The summed E-state index contributed by atoms with van der Waals surface area (Å²) in [5, 5.41) is 4.60. The molecular weight excluding hydrogens is 438 g/mol. The SMILES string of the molecule is O=C(Nc1ccccc1C(=O)N1CCOCC1)[C@H]1CCCN(S(=O)(=O)c2cccs2)C1. The molecule has 2 aliphatic rings. The Balaban J connectivity index is 1.47. The van der Waals surface area contributed by atoms with Crippen molar-refractivity contribution >= 4 is 38.9 Å². The Kier molecular flexibility index (Phi) is 6.71. The molecule has 0 bridgehead atoms. The third kappa shape index (κ3) is 4.82. The van der Waals surface area contributed by atoms with Crippen molar-refractivity contribution in [3.8, 4) is 0 Å². The monoisotopic (exact) mass is 463 g/mol. The van der Waals surface area contributed by atoms with E-state index in [1.54, 1.807) is 46.7 Å². The van der Waals surface area contributed by atoms with Crippen LogP contribution in [0.15, 0.2) is 46.0 Å². The highest BCUT2D eigenvalue weighted by Gasteiger charge is 2.34. The number of rotatable bonds is 5. The number of amides is 2. The summed E-state index contributed by atoms with van der Waals surface area (Å²) in [6.45, 7) is 2.55. The van der Waals surface area contributed by atoms with E-state index in [0.29, 0.717) is 56.9 Å². The summed E-state index contributed by atoms with van der Waals surface area (Å²) in [5.74, 6) is -0.895. The number of carbonyl (C=O) groups is 2. The first-order valence-electron chi connectivity index (χ1n) is 10.3. The van der Waals surface area contributed by atoms with Crippen LogP contribution in [0.3, 0.4) is 0 Å². The molecule has 166 valence electrons. The van der Waals surface area contributed by atoms with Crippen molar-refractivity contribution in [3.05, 3.63) is 47.3 Å². The molecule has 2 aliphatic heterocycles. The van der Waals surface area contributed by atoms with E-state index in [2.05, 4.69) is 5.32 Å². The van der Waals surface area contributed by atoms with E-state index in [0.717, 1.165) is 0 Å². The smallest absolute Gasteiger partial charge is 0.256 e. The highest BCUT2D eigenvalue weighted by molar-refractivity contribution is 7.91. The van der Waals surface area contributed by atoms with Gasteiger partial charge in [0.25, 0.3) is 15.9 Å². The normalized spacial score (nSPS) is 20.4. The van der Waals surface area contributed by atoms with Crippen LogP contribution in [-0.4, -0.2) is 68.8 Å². The standard InChI is InChI=1S/C21H25N3O5S2/c25-20(16-5-3-9-24(15-16)31(27,28)19-8-4-14-30-19)22-18-7-2-1-6-17(18)21(26)23-10-12-29-13-11-23/h1-2,4,6-8,14,16H,3,5,9-13,15H2,(H,22,25)/t16-/m0/s1. The maximum Gasteiger partial charge on any atom is 0.256 e. The molecule has 2 saturated heterocycles. The lowest BCUT2D eigenvalue weighted by Crippen LogP contribution is -2.44. The average molecular weight is 464 g/mol. The summed E-state index contributed by atoms with van der Waals surface area (Å²) in [6.07, 6.45) is 1.21. The maximum atomic E-state index is 13.0. The molecule has 2 amide bonds. The lowest BCUT2D eigenvalue weighted by atomic mass is 9.98. The van der Waals surface area contributed by atoms with Crippen molar-refractivity contribution in [1.29, 1.82) is 0 Å². The van der Waals surface area contributed by atoms with Gasteiger partial charge in [0.2, 0.25) is 5.91 Å². The fourth-order valence-corrected chi connectivity index (χ4v) is 6.53. The van der Waals surface area contributed by atoms with Crippen LogP contribution in [0.4, 0.5) is 5.69 Å². The molecule has 2 aromatic rings. The number of hydrogen-bond donors (Lipinski definition) is 1. The molecule has 1 aromatic heterocycles. The van der Waals surface area contributed by atoms with Gasteiger partial charge in [0, 0.05) is 26.2 Å². The molecule has 0 unspecified atom stereocenters. The van der Waals surface area contributed by atoms with Crippen molar-refractivity contribution in [2.45, 2.75) is 17.1 Å². The van der Waals surface area contributed by atoms with Crippen LogP contribution < -0.4 is 5.32 Å². The Hall–Kier alpha value is -2.27. The van der Waals surface area contributed by atoms with Crippen molar-refractivity contribution in [2.75, 3.05) is 44.7 Å². The number of hydrogen-bond acceptors (Lipinski definition) is 6. The number of ether oxygens (including phenoxy) is 1. The van der Waals surface area contributed by atoms with E-state index in [9.17, 15) is 18.0 Å². The number of carbonyl (C=O) groups excluding carboxylic acids is 2. The fourth-order valence-electron chi connectivity index (χ4n) is 3.86. The summed E-state index contributed by atoms with van der Waals surface area (Å²) in [6, 6.07) is 10.2. The van der Waals surface area contributed by atoms with Crippen molar-refractivity contribution < 1.29 is 22.7 Å². The molecular formula is C21H25N3O5S2. The minimum Gasteiger partial charge on any atom is -0.378 e. The number of para-hydroxylation sites is 1. The van der Waals surface area contributed by atoms with Crippen LogP contribution in [0, 0.1) is 5.92 Å².